The number of aromatic nitrogens is 3. The van der Waals surface area contributed by atoms with Crippen molar-refractivity contribution in [2.24, 2.45) is 0 Å². The van der Waals surface area contributed by atoms with E-state index in [0.717, 1.165) is 0 Å². The number of nitrogens with zero attached hydrogens (tertiary/aromatic N) is 2. The summed E-state index contributed by atoms with van der Waals surface area (Å²) < 4.78 is 5.23. The predicted molar refractivity (Wildman–Crippen MR) is 65.2 cm³/mol. The first kappa shape index (κ1) is 11.6. The highest BCUT2D eigenvalue weighted by molar-refractivity contribution is 9.09. The monoisotopic (exact) mass is 296 g/mol. The van der Waals surface area contributed by atoms with Crippen molar-refractivity contribution in [1.82, 2.24) is 15.2 Å². The third kappa shape index (κ3) is 3.04. The summed E-state index contributed by atoms with van der Waals surface area (Å²) in [6, 6.07) is 6.85. The Morgan fingerprint density at radius 3 is 3.12 bits per heavy atom. The quantitative estimate of drug-likeness (QED) is 0.843. The number of halogens is 1. The maximum absolute atomic E-state index is 11.8. The molecule has 0 spiro atoms. The van der Waals surface area contributed by atoms with Crippen LogP contribution in [0.5, 0.6) is 5.75 Å². The molecule has 88 valence electrons. The van der Waals surface area contributed by atoms with Crippen molar-refractivity contribution in [2.45, 2.75) is 0 Å². The molecular formula is C10H9BrN4O2. The van der Waals surface area contributed by atoms with Gasteiger partial charge in [-0.05, 0) is 34.1 Å². The summed E-state index contributed by atoms with van der Waals surface area (Å²) in [5, 5.41) is 8.75. The van der Waals surface area contributed by atoms with E-state index >= 15 is 0 Å². The van der Waals surface area contributed by atoms with Crippen LogP contribution in [0.3, 0.4) is 0 Å². The molecule has 2 aromatic rings. The van der Waals surface area contributed by atoms with Gasteiger partial charge in [-0.25, -0.2) is 5.10 Å². The Morgan fingerprint density at radius 2 is 2.41 bits per heavy atom. The van der Waals surface area contributed by atoms with Gasteiger partial charge in [-0.3, -0.25) is 10.1 Å². The van der Waals surface area contributed by atoms with Gasteiger partial charge < -0.3 is 4.74 Å². The molecule has 0 fully saturated rings. The second-order valence-corrected chi connectivity index (χ2v) is 3.53. The molecule has 2 N–H and O–H groups in total. The fourth-order valence-electron chi connectivity index (χ4n) is 1.24. The number of benzene rings is 1. The number of hydrogen-bond donors (Lipinski definition) is 2. The van der Waals surface area contributed by atoms with Crippen molar-refractivity contribution in [3.63, 3.8) is 0 Å². The zero-order chi connectivity index (χ0) is 12.1. The van der Waals surface area contributed by atoms with Crippen LogP contribution in [-0.4, -0.2) is 26.6 Å². The van der Waals surface area contributed by atoms with E-state index in [2.05, 4.69) is 36.4 Å². The molecule has 2 rings (SSSR count). The summed E-state index contributed by atoms with van der Waals surface area (Å²) in [6.45, 7) is 0. The van der Waals surface area contributed by atoms with Crippen LogP contribution in [-0.2, 0) is 0 Å². The maximum Gasteiger partial charge on any atom is 0.258 e. The molecule has 7 heteroatoms. The molecule has 0 unspecified atom stereocenters. The highest BCUT2D eigenvalue weighted by Gasteiger charge is 2.08. The molecule has 0 bridgehead atoms. The van der Waals surface area contributed by atoms with Crippen molar-refractivity contribution in [1.29, 1.82) is 0 Å². The third-order valence-corrected chi connectivity index (χ3v) is 2.19. The summed E-state index contributed by atoms with van der Waals surface area (Å²) in [4.78, 5) is 15.6. The topological polar surface area (TPSA) is 79.9 Å². The van der Waals surface area contributed by atoms with Crippen molar-refractivity contribution >= 4 is 27.8 Å². The Morgan fingerprint density at radius 1 is 1.53 bits per heavy atom. The number of ether oxygens (including phenoxy) is 1. The summed E-state index contributed by atoms with van der Waals surface area (Å²) in [7, 11) is 0. The van der Waals surface area contributed by atoms with Gasteiger partial charge in [0.25, 0.3) is 5.91 Å². The number of nitrogens with one attached hydrogen (secondary N) is 2. The second kappa shape index (κ2) is 5.44. The van der Waals surface area contributed by atoms with E-state index in [9.17, 15) is 4.79 Å². The molecule has 1 aromatic heterocycles. The van der Waals surface area contributed by atoms with E-state index in [1.54, 1.807) is 24.3 Å². The number of carbonyl (C=O) groups is 1. The average molecular weight is 297 g/mol. The van der Waals surface area contributed by atoms with Crippen molar-refractivity contribution in [3.05, 3.63) is 36.2 Å². The van der Waals surface area contributed by atoms with Gasteiger partial charge in [-0.15, -0.1) is 0 Å². The molecule has 0 aliphatic rings. The van der Waals surface area contributed by atoms with Crippen molar-refractivity contribution in [3.8, 4) is 5.75 Å². The lowest BCUT2D eigenvalue weighted by Crippen LogP contribution is -2.13. The lowest BCUT2D eigenvalue weighted by molar-refractivity contribution is 0.102. The largest absolute Gasteiger partial charge is 0.482 e. The van der Waals surface area contributed by atoms with Gasteiger partial charge in [-0.1, -0.05) is 6.07 Å². The van der Waals surface area contributed by atoms with Crippen LogP contribution in [0.2, 0.25) is 0 Å². The van der Waals surface area contributed by atoms with Gasteiger partial charge >= 0.3 is 0 Å². The fourth-order valence-corrected chi connectivity index (χ4v) is 1.50. The molecule has 0 saturated carbocycles. The minimum Gasteiger partial charge on any atom is -0.482 e. The second-order valence-electron chi connectivity index (χ2n) is 3.07. The number of anilines is 1. The molecule has 0 atom stereocenters. The van der Waals surface area contributed by atoms with Crippen LogP contribution in [0.25, 0.3) is 0 Å². The zero-order valence-electron chi connectivity index (χ0n) is 8.68. The third-order valence-electron chi connectivity index (χ3n) is 1.96. The molecule has 0 aliphatic heterocycles. The molecule has 17 heavy (non-hydrogen) atoms. The fraction of sp³-hybridized carbons (Fsp3) is 0.100. The summed E-state index contributed by atoms with van der Waals surface area (Å²) in [5.74, 6) is 0.649. The normalized spacial score (nSPS) is 9.94. The Balaban J connectivity index is 2.11. The van der Waals surface area contributed by atoms with Gasteiger partial charge in [0.15, 0.2) is 0 Å². The number of carbonyl (C=O) groups excluding carboxylic acids is 1. The van der Waals surface area contributed by atoms with Gasteiger partial charge in [0.2, 0.25) is 5.95 Å². The Kier molecular flexibility index (Phi) is 3.71. The lowest BCUT2D eigenvalue weighted by Gasteiger charge is -2.05. The summed E-state index contributed by atoms with van der Waals surface area (Å²) in [6.07, 6.45) is 1.32. The standard InChI is InChI=1S/C10H9BrN4O2/c11-5-17-8-3-1-2-7(4-8)9(16)14-10-12-6-13-15-10/h1-4,6H,5H2,(H2,12,13,14,15,16). The van der Waals surface area contributed by atoms with E-state index in [-0.39, 0.29) is 5.91 Å². The van der Waals surface area contributed by atoms with Crippen molar-refractivity contribution in [2.75, 3.05) is 10.8 Å². The Bertz CT molecular complexity index is 501. The highest BCUT2D eigenvalue weighted by atomic mass is 79.9. The molecular weight excluding hydrogens is 288 g/mol. The number of alkyl halides is 1. The smallest absolute Gasteiger partial charge is 0.258 e. The number of H-pyrrole nitrogens is 1. The first-order valence-electron chi connectivity index (χ1n) is 4.75. The molecule has 0 radical (unpaired) electrons. The maximum atomic E-state index is 11.8. The van der Waals surface area contributed by atoms with E-state index in [0.29, 0.717) is 22.8 Å². The summed E-state index contributed by atoms with van der Waals surface area (Å²) in [5.41, 5.74) is 0.861. The minimum atomic E-state index is -0.276. The first-order chi connectivity index (χ1) is 8.29. The highest BCUT2D eigenvalue weighted by Crippen LogP contribution is 2.14. The van der Waals surface area contributed by atoms with Crippen molar-refractivity contribution < 1.29 is 9.53 Å². The predicted octanol–water partition coefficient (Wildman–Crippen LogP) is 1.79. The van der Waals surface area contributed by atoms with Gasteiger partial charge in [0, 0.05) is 5.56 Å². The molecule has 1 aromatic carbocycles. The van der Waals surface area contributed by atoms with Crippen LogP contribution in [0.15, 0.2) is 30.6 Å². The number of amides is 1. The first-order valence-corrected chi connectivity index (χ1v) is 5.87. The molecule has 1 amide bonds. The van der Waals surface area contributed by atoms with Crippen LogP contribution < -0.4 is 10.1 Å². The van der Waals surface area contributed by atoms with Crippen LogP contribution >= 0.6 is 15.9 Å². The number of rotatable bonds is 4. The van der Waals surface area contributed by atoms with Gasteiger partial charge in [-0.2, -0.15) is 10.1 Å². The molecule has 6 nitrogen and oxygen atoms in total. The Hall–Kier alpha value is -1.89. The van der Waals surface area contributed by atoms with Crippen LogP contribution in [0.4, 0.5) is 5.95 Å². The summed E-state index contributed by atoms with van der Waals surface area (Å²) >= 11 is 3.15. The average Bonchev–Trinajstić information content (AvgIpc) is 2.83. The van der Waals surface area contributed by atoms with E-state index < -0.39 is 0 Å². The Labute approximate surface area is 106 Å². The van der Waals surface area contributed by atoms with Crippen LogP contribution in [0, 0.1) is 0 Å². The van der Waals surface area contributed by atoms with Gasteiger partial charge in [0.1, 0.15) is 17.6 Å². The molecule has 0 aliphatic carbocycles. The van der Waals surface area contributed by atoms with E-state index in [1.165, 1.54) is 6.33 Å². The minimum absolute atomic E-state index is 0.276. The van der Waals surface area contributed by atoms with Gasteiger partial charge in [0.05, 0.1) is 0 Å². The molecule has 0 saturated heterocycles. The van der Waals surface area contributed by atoms with E-state index in [4.69, 9.17) is 4.74 Å². The lowest BCUT2D eigenvalue weighted by atomic mass is 10.2. The number of hydrogen-bond acceptors (Lipinski definition) is 4. The van der Waals surface area contributed by atoms with Crippen LogP contribution in [0.1, 0.15) is 10.4 Å². The SMILES string of the molecule is O=C(Nc1ncn[nH]1)c1cccc(OCBr)c1. The number of aromatic amines is 1. The zero-order valence-corrected chi connectivity index (χ0v) is 10.3. The van der Waals surface area contributed by atoms with E-state index in [1.807, 2.05) is 0 Å². The molecule has 1 heterocycles.